The van der Waals surface area contributed by atoms with Crippen LogP contribution in [0.3, 0.4) is 0 Å². The summed E-state index contributed by atoms with van der Waals surface area (Å²) in [4.78, 5) is 27.8. The molecule has 0 aliphatic heterocycles. The molecule has 3 aromatic rings. The van der Waals surface area contributed by atoms with Crippen molar-refractivity contribution in [3.05, 3.63) is 57.3 Å². The number of aryl methyl sites for hydroxylation is 2. The number of esters is 2. The maximum Gasteiger partial charge on any atom is 0.348 e. The van der Waals surface area contributed by atoms with E-state index in [1.807, 2.05) is 24.3 Å². The van der Waals surface area contributed by atoms with Crippen molar-refractivity contribution in [2.45, 2.75) is 53.4 Å². The van der Waals surface area contributed by atoms with Gasteiger partial charge >= 0.3 is 11.9 Å². The second-order valence-electron chi connectivity index (χ2n) is 7.79. The van der Waals surface area contributed by atoms with E-state index in [9.17, 15) is 9.59 Å². The van der Waals surface area contributed by atoms with Crippen LogP contribution in [0.4, 0.5) is 0 Å². The topological polar surface area (TPSA) is 52.6 Å². The SMILES string of the molecule is CCCCOC(=O)c1ccc(-c2cc(C)c(-c3ccc(C(=O)OCCCC)s3)cc2C)s1. The Kier molecular flexibility index (Phi) is 8.65. The Labute approximate surface area is 198 Å². The molecule has 32 heavy (non-hydrogen) atoms. The molecule has 0 saturated heterocycles. The fourth-order valence-electron chi connectivity index (χ4n) is 3.29. The maximum atomic E-state index is 12.2. The first-order valence-electron chi connectivity index (χ1n) is 11.1. The smallest absolute Gasteiger partial charge is 0.348 e. The van der Waals surface area contributed by atoms with E-state index in [1.165, 1.54) is 22.7 Å². The summed E-state index contributed by atoms with van der Waals surface area (Å²) in [6.45, 7) is 9.22. The van der Waals surface area contributed by atoms with Crippen LogP contribution in [0.15, 0.2) is 36.4 Å². The van der Waals surface area contributed by atoms with E-state index >= 15 is 0 Å². The van der Waals surface area contributed by atoms with Crippen molar-refractivity contribution < 1.29 is 19.1 Å². The third-order valence-electron chi connectivity index (χ3n) is 5.18. The summed E-state index contributed by atoms with van der Waals surface area (Å²) in [6, 6.07) is 12.0. The first-order chi connectivity index (χ1) is 15.4. The largest absolute Gasteiger partial charge is 0.462 e. The van der Waals surface area contributed by atoms with Gasteiger partial charge in [0, 0.05) is 9.75 Å². The standard InChI is InChI=1S/C26H30O4S2/c1-5-7-13-29-25(27)23-11-9-21(31-23)19-15-18(4)20(16-17(19)3)22-10-12-24(32-22)26(28)30-14-8-6-2/h9-12,15-16H,5-8,13-14H2,1-4H3. The normalized spacial score (nSPS) is 10.9. The maximum absolute atomic E-state index is 12.2. The third kappa shape index (κ3) is 5.87. The lowest BCUT2D eigenvalue weighted by Gasteiger charge is -2.10. The van der Waals surface area contributed by atoms with E-state index in [0.717, 1.165) is 57.7 Å². The third-order valence-corrected chi connectivity index (χ3v) is 7.38. The van der Waals surface area contributed by atoms with Crippen LogP contribution in [0.25, 0.3) is 20.9 Å². The van der Waals surface area contributed by atoms with E-state index in [2.05, 4.69) is 39.8 Å². The summed E-state index contributed by atoms with van der Waals surface area (Å²) < 4.78 is 10.7. The van der Waals surface area contributed by atoms with Crippen molar-refractivity contribution in [1.29, 1.82) is 0 Å². The Morgan fingerprint density at radius 1 is 0.719 bits per heavy atom. The van der Waals surface area contributed by atoms with Crippen molar-refractivity contribution in [3.63, 3.8) is 0 Å². The van der Waals surface area contributed by atoms with Crippen LogP contribution in [0.5, 0.6) is 0 Å². The van der Waals surface area contributed by atoms with Crippen molar-refractivity contribution >= 4 is 34.6 Å². The molecular weight excluding hydrogens is 440 g/mol. The van der Waals surface area contributed by atoms with Gasteiger partial charge in [0.25, 0.3) is 0 Å². The Morgan fingerprint density at radius 2 is 1.12 bits per heavy atom. The number of rotatable bonds is 10. The Morgan fingerprint density at radius 3 is 1.50 bits per heavy atom. The molecule has 2 heterocycles. The zero-order valence-electron chi connectivity index (χ0n) is 19.2. The molecular formula is C26H30O4S2. The lowest BCUT2D eigenvalue weighted by atomic mass is 9.98. The van der Waals surface area contributed by atoms with Gasteiger partial charge in [-0.3, -0.25) is 0 Å². The van der Waals surface area contributed by atoms with Gasteiger partial charge in [0.15, 0.2) is 0 Å². The molecule has 170 valence electrons. The van der Waals surface area contributed by atoms with Gasteiger partial charge in [0.1, 0.15) is 9.75 Å². The van der Waals surface area contributed by atoms with E-state index in [4.69, 9.17) is 9.47 Å². The van der Waals surface area contributed by atoms with Crippen LogP contribution in [0.2, 0.25) is 0 Å². The molecule has 6 heteroatoms. The fraction of sp³-hybridized carbons (Fsp3) is 0.385. The monoisotopic (exact) mass is 470 g/mol. The van der Waals surface area contributed by atoms with E-state index in [-0.39, 0.29) is 11.9 Å². The van der Waals surface area contributed by atoms with Gasteiger partial charge in [0.05, 0.1) is 13.2 Å². The number of ether oxygens (including phenoxy) is 2. The molecule has 0 aliphatic carbocycles. The molecule has 0 atom stereocenters. The first kappa shape index (κ1) is 24.2. The predicted molar refractivity (Wildman–Crippen MR) is 133 cm³/mol. The van der Waals surface area contributed by atoms with Crippen molar-refractivity contribution in [2.75, 3.05) is 13.2 Å². The quantitative estimate of drug-likeness (QED) is 0.225. The summed E-state index contributed by atoms with van der Waals surface area (Å²) >= 11 is 2.92. The van der Waals surface area contributed by atoms with Crippen molar-refractivity contribution in [3.8, 4) is 20.9 Å². The lowest BCUT2D eigenvalue weighted by molar-refractivity contribution is 0.0496. The average Bonchev–Trinajstić information content (AvgIpc) is 3.45. The second-order valence-corrected chi connectivity index (χ2v) is 9.96. The molecule has 3 rings (SSSR count). The molecule has 0 spiro atoms. The molecule has 0 unspecified atom stereocenters. The zero-order valence-corrected chi connectivity index (χ0v) is 20.8. The lowest BCUT2D eigenvalue weighted by Crippen LogP contribution is -2.03. The highest BCUT2D eigenvalue weighted by atomic mass is 32.1. The number of hydrogen-bond donors (Lipinski definition) is 0. The number of carbonyl (C=O) groups is 2. The highest BCUT2D eigenvalue weighted by Crippen LogP contribution is 2.37. The fourth-order valence-corrected chi connectivity index (χ4v) is 5.25. The molecule has 4 nitrogen and oxygen atoms in total. The van der Waals surface area contributed by atoms with Gasteiger partial charge in [-0.25, -0.2) is 9.59 Å². The Hall–Kier alpha value is -2.44. The van der Waals surface area contributed by atoms with Crippen molar-refractivity contribution in [2.24, 2.45) is 0 Å². The minimum Gasteiger partial charge on any atom is -0.462 e. The Bertz CT molecular complexity index is 991. The number of carbonyl (C=O) groups excluding carboxylic acids is 2. The zero-order chi connectivity index (χ0) is 23.1. The minimum absolute atomic E-state index is 0.252. The highest BCUT2D eigenvalue weighted by Gasteiger charge is 2.16. The number of thiophene rings is 2. The van der Waals surface area contributed by atoms with Crippen LogP contribution in [0.1, 0.15) is 70.0 Å². The average molecular weight is 471 g/mol. The van der Waals surface area contributed by atoms with Gasteiger partial charge in [-0.1, -0.05) is 26.7 Å². The molecule has 0 aliphatic rings. The van der Waals surface area contributed by atoms with Gasteiger partial charge in [-0.15, -0.1) is 22.7 Å². The van der Waals surface area contributed by atoms with Crippen LogP contribution < -0.4 is 0 Å². The molecule has 2 aromatic heterocycles. The summed E-state index contributed by atoms with van der Waals surface area (Å²) in [5.74, 6) is -0.504. The number of benzene rings is 1. The van der Waals surface area contributed by atoms with E-state index in [1.54, 1.807) is 0 Å². The Balaban J connectivity index is 1.78. The first-order valence-corrected chi connectivity index (χ1v) is 12.7. The van der Waals surface area contributed by atoms with Crippen LogP contribution in [-0.2, 0) is 9.47 Å². The van der Waals surface area contributed by atoms with Gasteiger partial charge in [-0.2, -0.15) is 0 Å². The van der Waals surface area contributed by atoms with Crippen molar-refractivity contribution in [1.82, 2.24) is 0 Å². The molecule has 0 fully saturated rings. The summed E-state index contributed by atoms with van der Waals surface area (Å²) in [5, 5.41) is 0. The molecule has 1 aromatic carbocycles. The van der Waals surface area contributed by atoms with Gasteiger partial charge in [0.2, 0.25) is 0 Å². The van der Waals surface area contributed by atoms with E-state index in [0.29, 0.717) is 23.0 Å². The van der Waals surface area contributed by atoms with Gasteiger partial charge in [-0.05, 0) is 85.3 Å². The molecule has 0 N–H and O–H groups in total. The summed E-state index contributed by atoms with van der Waals surface area (Å²) in [6.07, 6.45) is 3.76. The highest BCUT2D eigenvalue weighted by molar-refractivity contribution is 7.17. The van der Waals surface area contributed by atoms with Crippen LogP contribution in [-0.4, -0.2) is 25.2 Å². The van der Waals surface area contributed by atoms with Crippen LogP contribution >= 0.6 is 22.7 Å². The minimum atomic E-state index is -0.252. The predicted octanol–water partition coefficient (Wildman–Crippen LogP) is 7.67. The summed E-state index contributed by atoms with van der Waals surface area (Å²) in [5.41, 5.74) is 4.47. The van der Waals surface area contributed by atoms with Gasteiger partial charge < -0.3 is 9.47 Å². The number of hydrogen-bond acceptors (Lipinski definition) is 6. The molecule has 0 radical (unpaired) electrons. The van der Waals surface area contributed by atoms with E-state index < -0.39 is 0 Å². The van der Waals surface area contributed by atoms with Crippen LogP contribution in [0, 0.1) is 13.8 Å². The summed E-state index contributed by atoms with van der Waals surface area (Å²) in [7, 11) is 0. The number of unbranched alkanes of at least 4 members (excludes halogenated alkanes) is 2. The molecule has 0 amide bonds. The molecule has 0 saturated carbocycles. The molecule has 0 bridgehead atoms. The second kappa shape index (κ2) is 11.4.